The fraction of sp³-hybridized carbons (Fsp3) is 0.478. The minimum atomic E-state index is -0.179. The number of benzene rings is 2. The number of ether oxygens (including phenoxy) is 3. The second kappa shape index (κ2) is 8.41. The largest absolute Gasteiger partial charge is 0.496 e. The molecule has 2 aromatic carbocycles. The van der Waals surface area contributed by atoms with E-state index in [-0.39, 0.29) is 30.2 Å². The lowest BCUT2D eigenvalue weighted by Gasteiger charge is -2.34. The van der Waals surface area contributed by atoms with Crippen LogP contribution < -0.4 is 14.2 Å². The van der Waals surface area contributed by atoms with Crippen LogP contribution in [0.1, 0.15) is 42.0 Å². The van der Waals surface area contributed by atoms with Crippen LogP contribution in [-0.4, -0.2) is 39.3 Å². The van der Waals surface area contributed by atoms with Gasteiger partial charge in [0.15, 0.2) is 11.5 Å². The van der Waals surface area contributed by atoms with Gasteiger partial charge in [-0.15, -0.1) is 12.4 Å². The maximum absolute atomic E-state index is 13.9. The Kier molecular flexibility index (Phi) is 6.30. The topological polar surface area (TPSA) is 30.9 Å². The van der Waals surface area contributed by atoms with Gasteiger partial charge in [-0.1, -0.05) is 12.1 Å². The number of fused-ring (bicyclic) bond motifs is 3. The fourth-order valence-corrected chi connectivity index (χ4v) is 5.48. The van der Waals surface area contributed by atoms with Gasteiger partial charge < -0.3 is 14.2 Å². The highest BCUT2D eigenvalue weighted by atomic mass is 35.5. The highest BCUT2D eigenvalue weighted by Crippen LogP contribution is 2.58. The zero-order valence-corrected chi connectivity index (χ0v) is 18.4. The van der Waals surface area contributed by atoms with Gasteiger partial charge in [0.25, 0.3) is 0 Å². The van der Waals surface area contributed by atoms with Gasteiger partial charge in [-0.3, -0.25) is 4.90 Å². The molecule has 0 radical (unpaired) electrons. The van der Waals surface area contributed by atoms with E-state index in [4.69, 9.17) is 14.2 Å². The van der Waals surface area contributed by atoms with Crippen molar-refractivity contribution >= 4 is 12.4 Å². The summed E-state index contributed by atoms with van der Waals surface area (Å²) in [6.07, 6.45) is 1.90. The van der Waals surface area contributed by atoms with Gasteiger partial charge >= 0.3 is 0 Å². The maximum Gasteiger partial charge on any atom is 0.164 e. The summed E-state index contributed by atoms with van der Waals surface area (Å²) in [5.41, 5.74) is 3.44. The summed E-state index contributed by atoms with van der Waals surface area (Å²) in [6.45, 7) is 2.25. The summed E-state index contributed by atoms with van der Waals surface area (Å²) in [5, 5.41) is 0. The van der Waals surface area contributed by atoms with Crippen molar-refractivity contribution in [2.24, 2.45) is 5.92 Å². The number of nitrogens with zero attached hydrogens (tertiary/aromatic N) is 1. The third-order valence-corrected chi connectivity index (χ3v) is 6.71. The van der Waals surface area contributed by atoms with Crippen molar-refractivity contribution in [3.63, 3.8) is 0 Å². The van der Waals surface area contributed by atoms with Gasteiger partial charge in [0.1, 0.15) is 11.6 Å². The van der Waals surface area contributed by atoms with Crippen LogP contribution in [0.5, 0.6) is 17.2 Å². The Morgan fingerprint density at radius 3 is 2.38 bits per heavy atom. The average molecular weight is 422 g/mol. The highest BCUT2D eigenvalue weighted by molar-refractivity contribution is 5.85. The van der Waals surface area contributed by atoms with Crippen LogP contribution in [0.2, 0.25) is 0 Å². The lowest BCUT2D eigenvalue weighted by Crippen LogP contribution is -2.27. The summed E-state index contributed by atoms with van der Waals surface area (Å²) in [7, 11) is 7.20. The van der Waals surface area contributed by atoms with E-state index in [1.807, 2.05) is 18.2 Å². The van der Waals surface area contributed by atoms with Crippen molar-refractivity contribution in [1.29, 1.82) is 0 Å². The minimum absolute atomic E-state index is 0. The molecule has 4 rings (SSSR count). The summed E-state index contributed by atoms with van der Waals surface area (Å²) in [6, 6.07) is 9.45. The summed E-state index contributed by atoms with van der Waals surface area (Å²) >= 11 is 0. The first kappa shape index (κ1) is 21.7. The van der Waals surface area contributed by atoms with Crippen molar-refractivity contribution in [3.8, 4) is 17.2 Å². The fourth-order valence-electron chi connectivity index (χ4n) is 5.48. The molecule has 4 nitrogen and oxygen atoms in total. The number of likely N-dealkylation sites (N-methyl/N-ethyl adjacent to an activating group) is 1. The van der Waals surface area contributed by atoms with E-state index in [2.05, 4.69) is 18.9 Å². The summed E-state index contributed by atoms with van der Waals surface area (Å²) in [5.74, 6) is 2.86. The molecule has 0 N–H and O–H groups in total. The van der Waals surface area contributed by atoms with E-state index in [9.17, 15) is 4.39 Å². The van der Waals surface area contributed by atoms with Crippen LogP contribution in [-0.2, 0) is 6.42 Å². The second-order valence-electron chi connectivity index (χ2n) is 7.84. The molecule has 4 atom stereocenters. The lowest BCUT2D eigenvalue weighted by atomic mass is 9.71. The van der Waals surface area contributed by atoms with Crippen molar-refractivity contribution in [3.05, 3.63) is 52.8 Å². The predicted octanol–water partition coefficient (Wildman–Crippen LogP) is 4.99. The van der Waals surface area contributed by atoms with E-state index in [1.165, 1.54) is 17.2 Å². The summed E-state index contributed by atoms with van der Waals surface area (Å²) < 4.78 is 31.0. The van der Waals surface area contributed by atoms with E-state index in [0.717, 1.165) is 29.9 Å². The molecule has 0 saturated carbocycles. The third-order valence-electron chi connectivity index (χ3n) is 6.71. The molecule has 158 valence electrons. The molecule has 1 heterocycles. The predicted molar refractivity (Wildman–Crippen MR) is 114 cm³/mol. The normalized spacial score (nSPS) is 25.6. The van der Waals surface area contributed by atoms with Gasteiger partial charge in [0.05, 0.1) is 21.3 Å². The van der Waals surface area contributed by atoms with Gasteiger partial charge in [0.2, 0.25) is 0 Å². The van der Waals surface area contributed by atoms with Gasteiger partial charge in [-0.2, -0.15) is 0 Å². The number of hydrogen-bond acceptors (Lipinski definition) is 4. The standard InChI is InChI=1S/C23H28FNO3.ClH/c1-13-20-16(22(25(13)2)14-7-6-8-15(24)11-14)9-10-17-21(20)18(26-3)12-19(27-4)23(17)28-5;/h6-8,11-13,16,20,22H,9-10H2,1-5H3;1H. The molecule has 1 aliphatic heterocycles. The average Bonchev–Trinajstić information content (AvgIpc) is 2.97. The Labute approximate surface area is 178 Å². The van der Waals surface area contributed by atoms with Crippen molar-refractivity contribution in [1.82, 2.24) is 4.90 Å². The van der Waals surface area contributed by atoms with E-state index >= 15 is 0 Å². The van der Waals surface area contributed by atoms with Gasteiger partial charge in [-0.25, -0.2) is 4.39 Å². The highest BCUT2D eigenvalue weighted by Gasteiger charge is 2.50. The Morgan fingerprint density at radius 2 is 1.76 bits per heavy atom. The quantitative estimate of drug-likeness (QED) is 0.695. The molecule has 6 heteroatoms. The van der Waals surface area contributed by atoms with Crippen LogP contribution >= 0.6 is 12.4 Å². The molecule has 1 aliphatic carbocycles. The molecule has 0 bridgehead atoms. The molecule has 0 amide bonds. The molecule has 2 aromatic rings. The molecule has 4 unspecified atom stereocenters. The van der Waals surface area contributed by atoms with Gasteiger partial charge in [0, 0.05) is 35.2 Å². The number of rotatable bonds is 4. The molecule has 29 heavy (non-hydrogen) atoms. The first-order valence-corrected chi connectivity index (χ1v) is 9.80. The molecular formula is C23H29ClFNO3. The number of halogens is 2. The number of methoxy groups -OCH3 is 3. The maximum atomic E-state index is 13.9. The summed E-state index contributed by atoms with van der Waals surface area (Å²) in [4.78, 5) is 2.38. The second-order valence-corrected chi connectivity index (χ2v) is 7.84. The van der Waals surface area contributed by atoms with E-state index in [0.29, 0.717) is 17.7 Å². The zero-order valence-electron chi connectivity index (χ0n) is 17.6. The Morgan fingerprint density at radius 1 is 1.03 bits per heavy atom. The number of likely N-dealkylation sites (tertiary alicyclic amines) is 1. The third kappa shape index (κ3) is 3.34. The Balaban J connectivity index is 0.00000240. The van der Waals surface area contributed by atoms with Crippen molar-refractivity contribution in [2.75, 3.05) is 28.4 Å². The Hall–Kier alpha value is -1.98. The molecule has 1 fully saturated rings. The van der Waals surface area contributed by atoms with Crippen LogP contribution in [0.15, 0.2) is 30.3 Å². The van der Waals surface area contributed by atoms with Crippen LogP contribution in [0.3, 0.4) is 0 Å². The first-order chi connectivity index (χ1) is 13.5. The van der Waals surface area contributed by atoms with E-state index < -0.39 is 0 Å². The zero-order chi connectivity index (χ0) is 20.0. The SMILES string of the molecule is COc1cc(OC)c2c(c1OC)CCC1C2C(C)N(C)C1c1cccc(F)c1.Cl. The Bertz CT molecular complexity index is 891. The monoisotopic (exact) mass is 421 g/mol. The van der Waals surface area contributed by atoms with Gasteiger partial charge in [-0.05, 0) is 50.4 Å². The molecular weight excluding hydrogens is 393 g/mol. The van der Waals surface area contributed by atoms with Crippen LogP contribution in [0.4, 0.5) is 4.39 Å². The van der Waals surface area contributed by atoms with Crippen molar-refractivity contribution in [2.45, 2.75) is 37.8 Å². The smallest absolute Gasteiger partial charge is 0.164 e. The lowest BCUT2D eigenvalue weighted by molar-refractivity contribution is 0.232. The minimum Gasteiger partial charge on any atom is -0.496 e. The molecule has 0 aromatic heterocycles. The van der Waals surface area contributed by atoms with Crippen molar-refractivity contribution < 1.29 is 18.6 Å². The first-order valence-electron chi connectivity index (χ1n) is 9.80. The molecule has 2 aliphatic rings. The molecule has 1 saturated heterocycles. The van der Waals surface area contributed by atoms with Crippen LogP contribution in [0, 0.1) is 11.7 Å². The van der Waals surface area contributed by atoms with E-state index in [1.54, 1.807) is 27.4 Å². The van der Waals surface area contributed by atoms with Crippen LogP contribution in [0.25, 0.3) is 0 Å². The number of hydrogen-bond donors (Lipinski definition) is 0. The molecule has 0 spiro atoms.